The molecule has 0 unspecified atom stereocenters. The van der Waals surface area contributed by atoms with Gasteiger partial charge in [-0.15, -0.1) is 0 Å². The third kappa shape index (κ3) is 4.21. The third-order valence-electron chi connectivity index (χ3n) is 5.31. The van der Waals surface area contributed by atoms with Crippen molar-refractivity contribution in [2.24, 2.45) is 0 Å². The molecule has 0 spiro atoms. The Bertz CT molecular complexity index is 967. The molecule has 0 saturated carbocycles. The Labute approximate surface area is 168 Å². The molecule has 2 aromatic heterocycles. The normalized spacial score (nSPS) is 19.1. The fourth-order valence-electron chi connectivity index (χ4n) is 3.84. The summed E-state index contributed by atoms with van der Waals surface area (Å²) in [4.78, 5) is 35.3. The van der Waals surface area contributed by atoms with E-state index in [1.54, 1.807) is 35.1 Å². The Morgan fingerprint density at radius 3 is 2.79 bits per heavy atom. The highest BCUT2D eigenvalue weighted by Crippen LogP contribution is 2.29. The Morgan fingerprint density at radius 2 is 2.10 bits per heavy atom. The highest BCUT2D eigenvalue weighted by molar-refractivity contribution is 5.93. The fraction of sp³-hybridized carbons (Fsp3) is 0.333. The number of imidazole rings is 1. The van der Waals surface area contributed by atoms with Crippen molar-refractivity contribution in [3.05, 3.63) is 72.5 Å². The number of benzene rings is 1. The molecule has 3 heterocycles. The lowest BCUT2D eigenvalue weighted by molar-refractivity contribution is -0.122. The second-order valence-corrected chi connectivity index (χ2v) is 7.22. The first-order chi connectivity index (χ1) is 14.1. The molecule has 2 atom stereocenters. The van der Waals surface area contributed by atoms with Crippen molar-refractivity contribution >= 4 is 11.8 Å². The minimum absolute atomic E-state index is 0.110. The molecule has 1 N–H and O–H groups in total. The van der Waals surface area contributed by atoms with Gasteiger partial charge in [-0.05, 0) is 18.9 Å². The van der Waals surface area contributed by atoms with Crippen LogP contribution in [0.2, 0.25) is 0 Å². The number of nitrogens with one attached hydrogen (secondary N) is 1. The van der Waals surface area contributed by atoms with Crippen LogP contribution in [-0.4, -0.2) is 50.4 Å². The molecule has 1 saturated heterocycles. The molecular formula is C21H23N5O3. The third-order valence-corrected chi connectivity index (χ3v) is 5.31. The van der Waals surface area contributed by atoms with E-state index in [9.17, 15) is 9.59 Å². The molecule has 150 valence electrons. The average molecular weight is 393 g/mol. The summed E-state index contributed by atoms with van der Waals surface area (Å²) in [5, 5.41) is 3.13. The van der Waals surface area contributed by atoms with Crippen molar-refractivity contribution in [3.63, 3.8) is 0 Å². The summed E-state index contributed by atoms with van der Waals surface area (Å²) in [7, 11) is 0. The zero-order valence-electron chi connectivity index (χ0n) is 16.2. The summed E-state index contributed by atoms with van der Waals surface area (Å²) in [6.45, 7) is 2.93. The molecule has 1 aliphatic heterocycles. The van der Waals surface area contributed by atoms with E-state index in [4.69, 9.17) is 4.42 Å². The standard InChI is InChI=1S/C21H23N5O3/c1-15-20(23-14-29-15)21(28)26-9-7-17(16-5-3-2-4-6-16)18(11-26)24-19(27)12-25-10-8-22-13-25/h2-6,8,10,13-14,17-18H,7,9,11-12H2,1H3,(H,24,27)/t17-,18-/m0/s1. The molecule has 0 aliphatic carbocycles. The van der Waals surface area contributed by atoms with Gasteiger partial charge in [0.2, 0.25) is 5.91 Å². The summed E-state index contributed by atoms with van der Waals surface area (Å²) < 4.78 is 6.90. The van der Waals surface area contributed by atoms with Crippen molar-refractivity contribution < 1.29 is 14.0 Å². The lowest BCUT2D eigenvalue weighted by Crippen LogP contribution is -2.53. The predicted octanol–water partition coefficient (Wildman–Crippen LogP) is 1.99. The number of hydrogen-bond acceptors (Lipinski definition) is 5. The van der Waals surface area contributed by atoms with Gasteiger partial charge < -0.3 is 19.2 Å². The number of carbonyl (C=O) groups is 2. The van der Waals surface area contributed by atoms with E-state index in [-0.39, 0.29) is 30.3 Å². The molecule has 2 amide bonds. The van der Waals surface area contributed by atoms with Gasteiger partial charge in [0.05, 0.1) is 12.4 Å². The molecule has 1 aliphatic rings. The second kappa shape index (κ2) is 8.30. The van der Waals surface area contributed by atoms with Gasteiger partial charge in [0.15, 0.2) is 12.1 Å². The summed E-state index contributed by atoms with van der Waals surface area (Å²) in [5.74, 6) is 0.351. The van der Waals surface area contributed by atoms with Gasteiger partial charge in [-0.1, -0.05) is 30.3 Å². The van der Waals surface area contributed by atoms with Gasteiger partial charge in [-0.3, -0.25) is 9.59 Å². The number of rotatable bonds is 5. The Morgan fingerprint density at radius 1 is 1.28 bits per heavy atom. The van der Waals surface area contributed by atoms with Crippen LogP contribution in [0.4, 0.5) is 0 Å². The van der Waals surface area contributed by atoms with Gasteiger partial charge in [-0.25, -0.2) is 9.97 Å². The van der Waals surface area contributed by atoms with Crippen molar-refractivity contribution in [3.8, 4) is 0 Å². The topological polar surface area (TPSA) is 93.3 Å². The zero-order chi connectivity index (χ0) is 20.2. The number of oxazole rings is 1. The Balaban J connectivity index is 1.52. The number of carbonyl (C=O) groups excluding carboxylic acids is 2. The van der Waals surface area contributed by atoms with Crippen molar-refractivity contribution in [2.75, 3.05) is 13.1 Å². The molecule has 1 aromatic carbocycles. The van der Waals surface area contributed by atoms with Gasteiger partial charge in [-0.2, -0.15) is 0 Å². The largest absolute Gasteiger partial charge is 0.448 e. The van der Waals surface area contributed by atoms with Crippen molar-refractivity contribution in [1.29, 1.82) is 0 Å². The van der Waals surface area contributed by atoms with Crippen LogP contribution in [0, 0.1) is 6.92 Å². The number of piperidine rings is 1. The lowest BCUT2D eigenvalue weighted by atomic mass is 9.85. The van der Waals surface area contributed by atoms with Gasteiger partial charge in [0.1, 0.15) is 12.3 Å². The maximum Gasteiger partial charge on any atom is 0.276 e. The number of likely N-dealkylation sites (tertiary alicyclic amines) is 1. The molecule has 1 fully saturated rings. The smallest absolute Gasteiger partial charge is 0.276 e. The van der Waals surface area contributed by atoms with Crippen LogP contribution < -0.4 is 5.32 Å². The van der Waals surface area contributed by atoms with Gasteiger partial charge >= 0.3 is 0 Å². The van der Waals surface area contributed by atoms with Gasteiger partial charge in [0, 0.05) is 31.4 Å². The number of aryl methyl sites for hydroxylation is 1. The summed E-state index contributed by atoms with van der Waals surface area (Å²) in [6, 6.07) is 9.91. The van der Waals surface area contributed by atoms with E-state index in [2.05, 4.69) is 27.4 Å². The molecule has 4 rings (SSSR count). The quantitative estimate of drug-likeness (QED) is 0.716. The van der Waals surface area contributed by atoms with Crippen LogP contribution >= 0.6 is 0 Å². The van der Waals surface area contributed by atoms with E-state index in [1.807, 2.05) is 18.2 Å². The summed E-state index contributed by atoms with van der Waals surface area (Å²) in [6.07, 6.45) is 7.03. The molecule has 0 radical (unpaired) electrons. The maximum atomic E-state index is 12.9. The molecule has 8 heteroatoms. The SMILES string of the molecule is Cc1ocnc1C(=O)N1CC[C@@H](c2ccccc2)[C@@H](NC(=O)Cn2ccnc2)C1. The van der Waals surface area contributed by atoms with E-state index < -0.39 is 0 Å². The minimum Gasteiger partial charge on any atom is -0.448 e. The molecule has 0 bridgehead atoms. The fourth-order valence-corrected chi connectivity index (χ4v) is 3.84. The molecular weight excluding hydrogens is 370 g/mol. The predicted molar refractivity (Wildman–Crippen MR) is 105 cm³/mol. The monoisotopic (exact) mass is 393 g/mol. The first-order valence-electron chi connectivity index (χ1n) is 9.61. The summed E-state index contributed by atoms with van der Waals surface area (Å²) in [5.41, 5.74) is 1.48. The van der Waals surface area contributed by atoms with E-state index in [0.29, 0.717) is 24.5 Å². The van der Waals surface area contributed by atoms with Crippen molar-refractivity contribution in [2.45, 2.75) is 31.8 Å². The number of nitrogens with zero attached hydrogens (tertiary/aromatic N) is 4. The molecule has 8 nitrogen and oxygen atoms in total. The van der Waals surface area contributed by atoms with Crippen molar-refractivity contribution in [1.82, 2.24) is 24.8 Å². The first-order valence-corrected chi connectivity index (χ1v) is 9.61. The van der Waals surface area contributed by atoms with Crippen LogP contribution in [0.15, 0.2) is 59.9 Å². The Hall–Kier alpha value is -3.42. The molecule has 3 aromatic rings. The van der Waals surface area contributed by atoms with E-state index >= 15 is 0 Å². The Kier molecular flexibility index (Phi) is 5.41. The molecule has 29 heavy (non-hydrogen) atoms. The maximum absolute atomic E-state index is 12.9. The number of amides is 2. The highest BCUT2D eigenvalue weighted by atomic mass is 16.3. The average Bonchev–Trinajstić information content (AvgIpc) is 3.39. The highest BCUT2D eigenvalue weighted by Gasteiger charge is 2.34. The van der Waals surface area contributed by atoms with E-state index in [0.717, 1.165) is 12.0 Å². The van der Waals surface area contributed by atoms with Crippen LogP contribution in [0.3, 0.4) is 0 Å². The van der Waals surface area contributed by atoms with Crippen LogP contribution in [0.25, 0.3) is 0 Å². The first kappa shape index (κ1) is 18.9. The van der Waals surface area contributed by atoms with Crippen LogP contribution in [0.5, 0.6) is 0 Å². The second-order valence-electron chi connectivity index (χ2n) is 7.22. The van der Waals surface area contributed by atoms with Crippen LogP contribution in [-0.2, 0) is 11.3 Å². The van der Waals surface area contributed by atoms with Crippen LogP contribution in [0.1, 0.15) is 34.2 Å². The van der Waals surface area contributed by atoms with E-state index in [1.165, 1.54) is 6.39 Å². The lowest BCUT2D eigenvalue weighted by Gasteiger charge is -2.39. The minimum atomic E-state index is -0.196. The summed E-state index contributed by atoms with van der Waals surface area (Å²) >= 11 is 0. The number of aromatic nitrogens is 3. The van der Waals surface area contributed by atoms with Gasteiger partial charge in [0.25, 0.3) is 5.91 Å². The zero-order valence-corrected chi connectivity index (χ0v) is 16.2. The number of hydrogen-bond donors (Lipinski definition) is 1.